The van der Waals surface area contributed by atoms with Crippen molar-refractivity contribution in [2.45, 2.75) is 19.8 Å². The van der Waals surface area contributed by atoms with Crippen molar-refractivity contribution in [1.29, 1.82) is 0 Å². The summed E-state index contributed by atoms with van der Waals surface area (Å²) in [6, 6.07) is 17.4. The van der Waals surface area contributed by atoms with E-state index in [1.54, 1.807) is 0 Å². The van der Waals surface area contributed by atoms with Crippen LogP contribution in [0.1, 0.15) is 17.0 Å². The number of hydrogen-bond donors (Lipinski definition) is 0. The molecule has 0 aliphatic rings. The molecule has 0 saturated carbocycles. The number of nitrogens with zero attached hydrogens (tertiary/aromatic N) is 1. The number of carbonyl (C=O) groups is 1. The highest BCUT2D eigenvalue weighted by Gasteiger charge is 2.11. The highest BCUT2D eigenvalue weighted by molar-refractivity contribution is 5.55. The highest BCUT2D eigenvalue weighted by Crippen LogP contribution is 2.22. The first-order valence-corrected chi connectivity index (χ1v) is 7.93. The largest absolute Gasteiger partial charge is 0.493 e. The molecule has 0 aliphatic heterocycles. The molecule has 24 heavy (non-hydrogen) atoms. The van der Waals surface area contributed by atoms with E-state index in [-0.39, 0.29) is 0 Å². The molecule has 0 fully saturated rings. The molecule has 2 aromatic carbocycles. The Hall–Kier alpha value is -2.88. The van der Waals surface area contributed by atoms with Crippen LogP contribution < -0.4 is 4.74 Å². The number of hydrogen-bond acceptors (Lipinski definition) is 4. The first-order valence-electron chi connectivity index (χ1n) is 7.93. The summed E-state index contributed by atoms with van der Waals surface area (Å²) in [5, 5.41) is 0. The second-order valence-electron chi connectivity index (χ2n) is 5.50. The fourth-order valence-electron chi connectivity index (χ4n) is 2.45. The van der Waals surface area contributed by atoms with Crippen LogP contribution in [0.15, 0.2) is 59.0 Å². The summed E-state index contributed by atoms with van der Waals surface area (Å²) >= 11 is 0. The predicted molar refractivity (Wildman–Crippen MR) is 92.1 cm³/mol. The zero-order valence-electron chi connectivity index (χ0n) is 13.6. The highest BCUT2D eigenvalue weighted by atomic mass is 16.5. The molecular formula is C20H19NO3. The van der Waals surface area contributed by atoms with Gasteiger partial charge in [-0.25, -0.2) is 4.98 Å². The number of oxazole rings is 1. The van der Waals surface area contributed by atoms with Crippen molar-refractivity contribution in [3.05, 3.63) is 71.6 Å². The second kappa shape index (κ2) is 7.59. The number of aryl methyl sites for hydroxylation is 1. The Morgan fingerprint density at radius 1 is 1.08 bits per heavy atom. The third kappa shape index (κ3) is 3.90. The third-order valence-corrected chi connectivity index (χ3v) is 3.76. The van der Waals surface area contributed by atoms with E-state index in [0.717, 1.165) is 34.6 Å². The molecule has 0 N–H and O–H groups in total. The van der Waals surface area contributed by atoms with E-state index >= 15 is 0 Å². The fourth-order valence-corrected chi connectivity index (χ4v) is 2.45. The Labute approximate surface area is 141 Å². The van der Waals surface area contributed by atoms with Gasteiger partial charge in [-0.2, -0.15) is 0 Å². The van der Waals surface area contributed by atoms with Crippen LogP contribution in [-0.2, 0) is 17.6 Å². The van der Waals surface area contributed by atoms with E-state index in [0.29, 0.717) is 25.3 Å². The van der Waals surface area contributed by atoms with Crippen molar-refractivity contribution in [3.63, 3.8) is 0 Å². The summed E-state index contributed by atoms with van der Waals surface area (Å²) in [5.41, 5.74) is 2.86. The van der Waals surface area contributed by atoms with Crippen LogP contribution in [0.5, 0.6) is 5.75 Å². The number of aromatic nitrogens is 1. The van der Waals surface area contributed by atoms with Crippen molar-refractivity contribution < 1.29 is 13.9 Å². The molecule has 3 aromatic rings. The van der Waals surface area contributed by atoms with E-state index in [4.69, 9.17) is 9.15 Å². The molecule has 0 spiro atoms. The zero-order valence-corrected chi connectivity index (χ0v) is 13.6. The number of rotatable bonds is 7. The van der Waals surface area contributed by atoms with E-state index in [1.807, 2.05) is 61.5 Å². The molecule has 0 radical (unpaired) electrons. The summed E-state index contributed by atoms with van der Waals surface area (Å²) in [6.07, 6.45) is 2.01. The van der Waals surface area contributed by atoms with Gasteiger partial charge in [-0.1, -0.05) is 30.3 Å². The quantitative estimate of drug-likeness (QED) is 0.617. The molecule has 4 nitrogen and oxygen atoms in total. The molecule has 0 atom stereocenters. The molecular weight excluding hydrogens is 302 g/mol. The van der Waals surface area contributed by atoms with Gasteiger partial charge in [-0.05, 0) is 36.8 Å². The Balaban J connectivity index is 1.59. The smallest absolute Gasteiger partial charge is 0.226 e. The summed E-state index contributed by atoms with van der Waals surface area (Å²) in [6.45, 7) is 2.44. The molecule has 0 bridgehead atoms. The molecule has 1 aromatic heterocycles. The van der Waals surface area contributed by atoms with Crippen LogP contribution in [0.25, 0.3) is 11.5 Å². The van der Waals surface area contributed by atoms with Gasteiger partial charge in [0.05, 0.1) is 12.3 Å². The average molecular weight is 321 g/mol. The van der Waals surface area contributed by atoms with Crippen LogP contribution in [0.4, 0.5) is 0 Å². The van der Waals surface area contributed by atoms with Gasteiger partial charge in [0.15, 0.2) is 0 Å². The van der Waals surface area contributed by atoms with Gasteiger partial charge in [-0.15, -0.1) is 0 Å². The summed E-state index contributed by atoms with van der Waals surface area (Å²) in [5.74, 6) is 2.24. The summed E-state index contributed by atoms with van der Waals surface area (Å²) in [7, 11) is 0. The van der Waals surface area contributed by atoms with Gasteiger partial charge in [0.1, 0.15) is 17.8 Å². The average Bonchev–Trinajstić information content (AvgIpc) is 2.99. The molecule has 1 heterocycles. The lowest BCUT2D eigenvalue weighted by Gasteiger charge is -2.05. The lowest BCUT2D eigenvalue weighted by atomic mass is 10.2. The number of aldehydes is 1. The van der Waals surface area contributed by atoms with Crippen molar-refractivity contribution in [1.82, 2.24) is 4.98 Å². The van der Waals surface area contributed by atoms with Crippen molar-refractivity contribution in [2.24, 2.45) is 0 Å². The van der Waals surface area contributed by atoms with Crippen LogP contribution in [0, 0.1) is 6.92 Å². The lowest BCUT2D eigenvalue weighted by molar-refractivity contribution is -0.107. The maximum absolute atomic E-state index is 10.5. The van der Waals surface area contributed by atoms with Crippen molar-refractivity contribution in [3.8, 4) is 17.2 Å². The normalized spacial score (nSPS) is 10.5. The second-order valence-corrected chi connectivity index (χ2v) is 5.50. The van der Waals surface area contributed by atoms with Crippen molar-refractivity contribution >= 4 is 6.29 Å². The van der Waals surface area contributed by atoms with Gasteiger partial charge in [0.2, 0.25) is 5.89 Å². The van der Waals surface area contributed by atoms with Gasteiger partial charge >= 0.3 is 0 Å². The molecule has 122 valence electrons. The zero-order chi connectivity index (χ0) is 16.8. The number of ether oxygens (including phenoxy) is 1. The molecule has 0 amide bonds. The van der Waals surface area contributed by atoms with E-state index in [2.05, 4.69) is 4.98 Å². The standard InChI is InChI=1S/C20H19NO3/c1-15-19(21-20(24-15)17-5-3-2-4-6-17)12-14-23-18-9-7-16(8-10-18)11-13-22/h2-10,13H,11-12,14H2,1H3. The summed E-state index contributed by atoms with van der Waals surface area (Å²) in [4.78, 5) is 15.0. The van der Waals surface area contributed by atoms with Gasteiger partial charge in [0.25, 0.3) is 0 Å². The van der Waals surface area contributed by atoms with E-state index in [1.165, 1.54) is 0 Å². The van der Waals surface area contributed by atoms with Crippen LogP contribution in [0.3, 0.4) is 0 Å². The molecule has 0 unspecified atom stereocenters. The van der Waals surface area contributed by atoms with Crippen LogP contribution in [-0.4, -0.2) is 17.9 Å². The minimum Gasteiger partial charge on any atom is -0.493 e. The Morgan fingerprint density at radius 3 is 2.54 bits per heavy atom. The number of carbonyl (C=O) groups excluding carboxylic acids is 1. The predicted octanol–water partition coefficient (Wildman–Crippen LogP) is 4.01. The molecule has 3 rings (SSSR count). The fraction of sp³-hybridized carbons (Fsp3) is 0.200. The van der Waals surface area contributed by atoms with Crippen LogP contribution in [0.2, 0.25) is 0 Å². The summed E-state index contributed by atoms with van der Waals surface area (Å²) < 4.78 is 11.5. The molecule has 4 heteroatoms. The number of benzene rings is 2. The van der Waals surface area contributed by atoms with Gasteiger partial charge < -0.3 is 13.9 Å². The van der Waals surface area contributed by atoms with E-state index < -0.39 is 0 Å². The Morgan fingerprint density at radius 2 is 1.83 bits per heavy atom. The maximum atomic E-state index is 10.5. The van der Waals surface area contributed by atoms with Crippen LogP contribution >= 0.6 is 0 Å². The Kier molecular flexibility index (Phi) is 5.06. The topological polar surface area (TPSA) is 52.3 Å². The molecule has 0 saturated heterocycles. The van der Waals surface area contributed by atoms with Gasteiger partial charge in [-0.3, -0.25) is 0 Å². The van der Waals surface area contributed by atoms with Gasteiger partial charge in [0, 0.05) is 18.4 Å². The maximum Gasteiger partial charge on any atom is 0.226 e. The monoisotopic (exact) mass is 321 g/mol. The first kappa shape index (κ1) is 16.0. The van der Waals surface area contributed by atoms with E-state index in [9.17, 15) is 4.79 Å². The van der Waals surface area contributed by atoms with Crippen molar-refractivity contribution in [2.75, 3.05) is 6.61 Å². The molecule has 0 aliphatic carbocycles. The SMILES string of the molecule is Cc1oc(-c2ccccc2)nc1CCOc1ccc(CC=O)cc1. The Bertz CT molecular complexity index is 792. The third-order valence-electron chi connectivity index (χ3n) is 3.76. The first-order chi connectivity index (χ1) is 11.8. The minimum absolute atomic E-state index is 0.431. The minimum atomic E-state index is 0.431. The lowest BCUT2D eigenvalue weighted by Crippen LogP contribution is -2.02.